The SMILES string of the molecule is Cc1ccccc1NC(=O)/C(C#N)=C/c1ccc(-c2ccccc2Cl)o1. The van der Waals surface area contributed by atoms with Gasteiger partial charge in [0.2, 0.25) is 0 Å². The smallest absolute Gasteiger partial charge is 0.266 e. The van der Waals surface area contributed by atoms with Gasteiger partial charge in [0.1, 0.15) is 23.2 Å². The highest BCUT2D eigenvalue weighted by Gasteiger charge is 2.13. The zero-order chi connectivity index (χ0) is 18.5. The summed E-state index contributed by atoms with van der Waals surface area (Å²) in [6, 6.07) is 20.0. The molecule has 0 radical (unpaired) electrons. The van der Waals surface area contributed by atoms with Crippen molar-refractivity contribution in [1.29, 1.82) is 5.26 Å². The highest BCUT2D eigenvalue weighted by atomic mass is 35.5. The second kappa shape index (κ2) is 7.73. The van der Waals surface area contributed by atoms with Gasteiger partial charge in [-0.15, -0.1) is 0 Å². The fourth-order valence-corrected chi connectivity index (χ4v) is 2.66. The van der Waals surface area contributed by atoms with Crippen LogP contribution in [0, 0.1) is 18.3 Å². The molecular formula is C21H15ClN2O2. The molecule has 3 rings (SSSR count). The predicted molar refractivity (Wildman–Crippen MR) is 103 cm³/mol. The molecule has 128 valence electrons. The molecule has 0 aliphatic rings. The van der Waals surface area contributed by atoms with E-state index >= 15 is 0 Å². The zero-order valence-corrected chi connectivity index (χ0v) is 14.7. The number of nitrogens with one attached hydrogen (secondary N) is 1. The lowest BCUT2D eigenvalue weighted by Gasteiger charge is -2.06. The molecule has 0 aliphatic heterocycles. The molecule has 5 heteroatoms. The first kappa shape index (κ1) is 17.5. The lowest BCUT2D eigenvalue weighted by Crippen LogP contribution is -2.14. The molecule has 1 aromatic heterocycles. The molecule has 0 aliphatic carbocycles. The molecule has 0 spiro atoms. The van der Waals surface area contributed by atoms with Gasteiger partial charge in [-0.2, -0.15) is 5.26 Å². The summed E-state index contributed by atoms with van der Waals surface area (Å²) in [6.07, 6.45) is 1.41. The van der Waals surface area contributed by atoms with Crippen molar-refractivity contribution in [3.8, 4) is 17.4 Å². The Hall–Kier alpha value is -3.29. The van der Waals surface area contributed by atoms with Crippen LogP contribution in [-0.4, -0.2) is 5.91 Å². The molecular weight excluding hydrogens is 348 g/mol. The highest BCUT2D eigenvalue weighted by Crippen LogP contribution is 2.29. The summed E-state index contributed by atoms with van der Waals surface area (Å²) < 4.78 is 5.72. The maximum atomic E-state index is 12.4. The number of anilines is 1. The molecule has 3 aromatic rings. The molecule has 26 heavy (non-hydrogen) atoms. The van der Waals surface area contributed by atoms with Gasteiger partial charge in [0.25, 0.3) is 5.91 Å². The summed E-state index contributed by atoms with van der Waals surface area (Å²) in [5, 5.41) is 12.6. The normalized spacial score (nSPS) is 11.0. The van der Waals surface area contributed by atoms with Crippen molar-refractivity contribution in [2.75, 3.05) is 5.32 Å². The number of aryl methyl sites for hydroxylation is 1. The molecule has 1 N–H and O–H groups in total. The van der Waals surface area contributed by atoms with Crippen LogP contribution in [0.5, 0.6) is 0 Å². The lowest BCUT2D eigenvalue weighted by atomic mass is 10.1. The maximum absolute atomic E-state index is 12.4. The van der Waals surface area contributed by atoms with Crippen LogP contribution in [0.25, 0.3) is 17.4 Å². The Morgan fingerprint density at radius 2 is 1.85 bits per heavy atom. The summed E-state index contributed by atoms with van der Waals surface area (Å²) >= 11 is 6.16. The van der Waals surface area contributed by atoms with Crippen molar-refractivity contribution < 1.29 is 9.21 Å². The van der Waals surface area contributed by atoms with Gasteiger partial charge in [-0.3, -0.25) is 4.79 Å². The van der Waals surface area contributed by atoms with Crippen molar-refractivity contribution in [3.63, 3.8) is 0 Å². The van der Waals surface area contributed by atoms with Gasteiger partial charge in [0.05, 0.1) is 5.02 Å². The molecule has 0 bridgehead atoms. The number of nitriles is 1. The first-order valence-corrected chi connectivity index (χ1v) is 8.30. The van der Waals surface area contributed by atoms with Gasteiger partial charge in [0.15, 0.2) is 0 Å². The number of amides is 1. The first-order valence-electron chi connectivity index (χ1n) is 7.92. The number of carbonyl (C=O) groups is 1. The summed E-state index contributed by atoms with van der Waals surface area (Å²) in [4.78, 5) is 12.4. The number of hydrogen-bond donors (Lipinski definition) is 1. The van der Waals surface area contributed by atoms with Crippen molar-refractivity contribution in [2.24, 2.45) is 0 Å². The molecule has 2 aromatic carbocycles. The second-order valence-electron chi connectivity index (χ2n) is 5.62. The first-order chi connectivity index (χ1) is 12.6. The predicted octanol–water partition coefficient (Wildman–Crippen LogP) is 5.45. The fraction of sp³-hybridized carbons (Fsp3) is 0.0476. The minimum absolute atomic E-state index is 0.0479. The monoisotopic (exact) mass is 362 g/mol. The largest absolute Gasteiger partial charge is 0.457 e. The van der Waals surface area contributed by atoms with Gasteiger partial charge in [0, 0.05) is 17.3 Å². The summed E-state index contributed by atoms with van der Waals surface area (Å²) in [7, 11) is 0. The number of benzene rings is 2. The Balaban J connectivity index is 1.84. The zero-order valence-electron chi connectivity index (χ0n) is 14.0. The van der Waals surface area contributed by atoms with Crippen molar-refractivity contribution in [1.82, 2.24) is 0 Å². The quantitative estimate of drug-likeness (QED) is 0.495. The molecule has 0 atom stereocenters. The Morgan fingerprint density at radius 3 is 2.58 bits per heavy atom. The Bertz CT molecular complexity index is 1030. The third-order valence-electron chi connectivity index (χ3n) is 3.81. The van der Waals surface area contributed by atoms with E-state index in [0.717, 1.165) is 11.1 Å². The van der Waals surface area contributed by atoms with E-state index in [9.17, 15) is 10.1 Å². The Kier molecular flexibility index (Phi) is 5.21. The highest BCUT2D eigenvalue weighted by molar-refractivity contribution is 6.33. The van der Waals surface area contributed by atoms with Gasteiger partial charge in [-0.1, -0.05) is 41.9 Å². The van der Waals surface area contributed by atoms with Crippen LogP contribution < -0.4 is 5.32 Å². The number of halogens is 1. The van der Waals surface area contributed by atoms with Crippen LogP contribution in [0.3, 0.4) is 0 Å². The Morgan fingerprint density at radius 1 is 1.12 bits per heavy atom. The number of hydrogen-bond acceptors (Lipinski definition) is 3. The topological polar surface area (TPSA) is 66.0 Å². The van der Waals surface area contributed by atoms with Crippen LogP contribution in [-0.2, 0) is 4.79 Å². The average Bonchev–Trinajstić information content (AvgIpc) is 3.10. The number of para-hydroxylation sites is 1. The van der Waals surface area contributed by atoms with Crippen LogP contribution in [0.1, 0.15) is 11.3 Å². The van der Waals surface area contributed by atoms with Crippen molar-refractivity contribution in [3.05, 3.63) is 82.6 Å². The number of carbonyl (C=O) groups excluding carboxylic acids is 1. The van der Waals surface area contributed by atoms with E-state index in [-0.39, 0.29) is 5.57 Å². The second-order valence-corrected chi connectivity index (χ2v) is 6.03. The van der Waals surface area contributed by atoms with Gasteiger partial charge in [-0.25, -0.2) is 0 Å². The van der Waals surface area contributed by atoms with Crippen molar-refractivity contribution >= 4 is 29.3 Å². The fourth-order valence-electron chi connectivity index (χ4n) is 2.43. The van der Waals surface area contributed by atoms with E-state index in [1.54, 1.807) is 24.3 Å². The van der Waals surface area contributed by atoms with E-state index in [1.807, 2.05) is 49.4 Å². The summed E-state index contributed by atoms with van der Waals surface area (Å²) in [5.74, 6) is 0.479. The minimum atomic E-state index is -0.488. The molecule has 0 unspecified atom stereocenters. The number of rotatable bonds is 4. The van der Waals surface area contributed by atoms with E-state index in [0.29, 0.717) is 22.2 Å². The number of nitrogens with zero attached hydrogens (tertiary/aromatic N) is 1. The van der Waals surface area contributed by atoms with Gasteiger partial charge < -0.3 is 9.73 Å². The Labute approximate surface area is 156 Å². The van der Waals surface area contributed by atoms with E-state index in [1.165, 1.54) is 6.08 Å². The van der Waals surface area contributed by atoms with Crippen molar-refractivity contribution in [2.45, 2.75) is 6.92 Å². The summed E-state index contributed by atoms with van der Waals surface area (Å²) in [6.45, 7) is 1.88. The van der Waals surface area contributed by atoms with E-state index < -0.39 is 5.91 Å². The number of furan rings is 1. The standard InChI is InChI=1S/C21H15ClN2O2/c1-14-6-2-5-9-19(14)24-21(25)15(13-23)12-16-10-11-20(26-16)17-7-3-4-8-18(17)22/h2-12H,1H3,(H,24,25)/b15-12+. The van der Waals surface area contributed by atoms with E-state index in [2.05, 4.69) is 5.32 Å². The average molecular weight is 363 g/mol. The minimum Gasteiger partial charge on any atom is -0.457 e. The molecule has 1 amide bonds. The third-order valence-corrected chi connectivity index (χ3v) is 4.14. The molecule has 4 nitrogen and oxygen atoms in total. The molecule has 0 fully saturated rings. The summed E-state index contributed by atoms with van der Waals surface area (Å²) in [5.41, 5.74) is 2.27. The van der Waals surface area contributed by atoms with Crippen LogP contribution in [0.15, 0.2) is 70.7 Å². The lowest BCUT2D eigenvalue weighted by molar-refractivity contribution is -0.112. The van der Waals surface area contributed by atoms with Gasteiger partial charge in [-0.05, 0) is 42.8 Å². The third kappa shape index (κ3) is 3.85. The maximum Gasteiger partial charge on any atom is 0.266 e. The van der Waals surface area contributed by atoms with Gasteiger partial charge >= 0.3 is 0 Å². The molecule has 0 saturated heterocycles. The molecule has 1 heterocycles. The van der Waals surface area contributed by atoms with Crippen LogP contribution in [0.4, 0.5) is 5.69 Å². The van der Waals surface area contributed by atoms with E-state index in [4.69, 9.17) is 16.0 Å². The van der Waals surface area contributed by atoms with Crippen LogP contribution >= 0.6 is 11.6 Å². The van der Waals surface area contributed by atoms with Crippen LogP contribution in [0.2, 0.25) is 5.02 Å². The molecule has 0 saturated carbocycles.